The van der Waals surface area contributed by atoms with Gasteiger partial charge in [0, 0.05) is 33.0 Å². The zero-order chi connectivity index (χ0) is 41.0. The lowest BCUT2D eigenvalue weighted by Crippen LogP contribution is -2.13. The molecular weight excluding hydrogens is 749 g/mol. The van der Waals surface area contributed by atoms with Crippen molar-refractivity contribution in [3.63, 3.8) is 0 Å². The van der Waals surface area contributed by atoms with Crippen LogP contribution in [0.3, 0.4) is 0 Å². The third-order valence-electron chi connectivity index (χ3n) is 12.6. The number of rotatable bonds is 7. The van der Waals surface area contributed by atoms with Crippen molar-refractivity contribution in [2.75, 3.05) is 4.90 Å². The van der Waals surface area contributed by atoms with E-state index in [1.165, 1.54) is 70.8 Å². The lowest BCUT2D eigenvalue weighted by molar-refractivity contribution is 1.18. The second-order valence-electron chi connectivity index (χ2n) is 16.1. The first-order valence-corrected chi connectivity index (χ1v) is 21.3. The number of para-hydroxylation sites is 3. The first-order valence-electron chi connectivity index (χ1n) is 21.3. The number of aromatic nitrogens is 1. The van der Waals surface area contributed by atoms with Gasteiger partial charge in [-0.2, -0.15) is 0 Å². The maximum absolute atomic E-state index is 2.49. The Bertz CT molecular complexity index is 3650. The van der Waals surface area contributed by atoms with E-state index in [1.54, 1.807) is 0 Å². The van der Waals surface area contributed by atoms with Crippen LogP contribution in [-0.4, -0.2) is 4.57 Å². The number of hydrogen-bond acceptors (Lipinski definition) is 1. The quantitative estimate of drug-likeness (QED) is 0.156. The normalized spacial score (nSPS) is 11.5. The van der Waals surface area contributed by atoms with Crippen LogP contribution >= 0.6 is 0 Å². The Kier molecular flexibility index (Phi) is 8.53. The van der Waals surface area contributed by atoms with E-state index in [0.717, 1.165) is 39.4 Å². The Morgan fingerprint density at radius 1 is 0.258 bits per heavy atom. The van der Waals surface area contributed by atoms with Crippen molar-refractivity contribution in [2.45, 2.75) is 0 Å². The molecule has 11 aromatic carbocycles. The van der Waals surface area contributed by atoms with Crippen LogP contribution < -0.4 is 4.90 Å². The fraction of sp³-hybridized carbons (Fsp3) is 0. The number of benzene rings is 11. The van der Waals surface area contributed by atoms with Crippen molar-refractivity contribution >= 4 is 71.2 Å². The Morgan fingerprint density at radius 3 is 1.58 bits per heavy atom. The Labute approximate surface area is 360 Å². The smallest absolute Gasteiger partial charge is 0.0547 e. The van der Waals surface area contributed by atoms with Crippen molar-refractivity contribution in [3.05, 3.63) is 243 Å². The van der Waals surface area contributed by atoms with Crippen LogP contribution in [0.25, 0.3) is 93.2 Å². The van der Waals surface area contributed by atoms with Crippen LogP contribution in [0.2, 0.25) is 0 Å². The van der Waals surface area contributed by atoms with Gasteiger partial charge in [-0.1, -0.05) is 194 Å². The Morgan fingerprint density at radius 2 is 0.790 bits per heavy atom. The highest BCUT2D eigenvalue weighted by Gasteiger charge is 2.24. The molecule has 0 saturated heterocycles. The maximum atomic E-state index is 2.49. The number of anilines is 3. The van der Waals surface area contributed by atoms with Crippen LogP contribution in [0.4, 0.5) is 17.1 Å². The molecule has 62 heavy (non-hydrogen) atoms. The number of hydrogen-bond donors (Lipinski definition) is 0. The predicted octanol–water partition coefficient (Wildman–Crippen LogP) is 16.7. The molecule has 0 unspecified atom stereocenters. The molecule has 0 spiro atoms. The molecule has 12 aromatic rings. The fourth-order valence-electron chi connectivity index (χ4n) is 9.75. The molecule has 2 heteroatoms. The zero-order valence-electron chi connectivity index (χ0n) is 34.0. The molecule has 0 saturated carbocycles. The van der Waals surface area contributed by atoms with Crippen LogP contribution in [0.5, 0.6) is 0 Å². The first kappa shape index (κ1) is 35.7. The summed E-state index contributed by atoms with van der Waals surface area (Å²) < 4.78 is 2.44. The van der Waals surface area contributed by atoms with Gasteiger partial charge < -0.3 is 9.47 Å². The van der Waals surface area contributed by atoms with Crippen molar-refractivity contribution < 1.29 is 0 Å². The third kappa shape index (κ3) is 5.88. The lowest BCUT2D eigenvalue weighted by Gasteiger charge is -2.31. The van der Waals surface area contributed by atoms with Crippen LogP contribution in [-0.2, 0) is 0 Å². The lowest BCUT2D eigenvalue weighted by atomic mass is 9.92. The Balaban J connectivity index is 1.10. The first-order chi connectivity index (χ1) is 30.8. The summed E-state index contributed by atoms with van der Waals surface area (Å²) in [5, 5.41) is 9.87. The van der Waals surface area contributed by atoms with Gasteiger partial charge in [-0.15, -0.1) is 0 Å². The highest BCUT2D eigenvalue weighted by Crippen LogP contribution is 2.48. The van der Waals surface area contributed by atoms with E-state index in [1.807, 2.05) is 0 Å². The van der Waals surface area contributed by atoms with Crippen LogP contribution in [0.15, 0.2) is 243 Å². The average molecular weight is 789 g/mol. The fourth-order valence-corrected chi connectivity index (χ4v) is 9.75. The standard InChI is InChI=1S/C60H40N2/c1-2-18-42(19-3-1)48-27-10-13-33-56(48)62(59-37-36-52(51-29-8-9-30-53(51)59)50-32-17-23-41-20-6-7-26-47(41)50)57-34-14-11-28-49(57)45-24-16-25-46(38-45)61-58-35-15-12-31-54(58)55-39-43-21-4-5-22-44(43)40-60(55)61/h1-40H. The summed E-state index contributed by atoms with van der Waals surface area (Å²) in [5.41, 5.74) is 13.9. The SMILES string of the molecule is c1ccc(-c2ccccc2N(c2ccccc2-c2cccc(-n3c4ccccc4c4cc5ccccc5cc43)c2)c2ccc(-c3cccc4ccccc34)c3ccccc23)cc1. The minimum absolute atomic E-state index is 1.10. The van der Waals surface area contributed by atoms with E-state index < -0.39 is 0 Å². The van der Waals surface area contributed by atoms with Gasteiger partial charge in [-0.05, 0) is 97.7 Å². The van der Waals surface area contributed by atoms with Crippen molar-refractivity contribution in [2.24, 2.45) is 0 Å². The molecule has 1 aromatic heterocycles. The molecule has 0 bridgehead atoms. The molecule has 0 aliphatic carbocycles. The van der Waals surface area contributed by atoms with E-state index >= 15 is 0 Å². The van der Waals surface area contributed by atoms with Gasteiger partial charge in [0.25, 0.3) is 0 Å². The second kappa shape index (κ2) is 14.8. The third-order valence-corrected chi connectivity index (χ3v) is 12.6. The molecule has 0 aliphatic heterocycles. The minimum atomic E-state index is 1.10. The number of fused-ring (bicyclic) bond motifs is 6. The summed E-state index contributed by atoms with van der Waals surface area (Å²) >= 11 is 0. The van der Waals surface area contributed by atoms with E-state index in [4.69, 9.17) is 0 Å². The molecule has 2 nitrogen and oxygen atoms in total. The minimum Gasteiger partial charge on any atom is -0.309 e. The summed E-state index contributed by atoms with van der Waals surface area (Å²) in [6.45, 7) is 0. The summed E-state index contributed by atoms with van der Waals surface area (Å²) in [6.07, 6.45) is 0. The zero-order valence-corrected chi connectivity index (χ0v) is 34.0. The molecule has 290 valence electrons. The second-order valence-corrected chi connectivity index (χ2v) is 16.1. The maximum Gasteiger partial charge on any atom is 0.0547 e. The van der Waals surface area contributed by atoms with Crippen LogP contribution in [0, 0.1) is 0 Å². The van der Waals surface area contributed by atoms with Gasteiger partial charge in [0.15, 0.2) is 0 Å². The average Bonchev–Trinajstić information content (AvgIpc) is 3.67. The van der Waals surface area contributed by atoms with Gasteiger partial charge in [-0.25, -0.2) is 0 Å². The summed E-state index contributed by atoms with van der Waals surface area (Å²) in [5.74, 6) is 0. The molecule has 0 amide bonds. The van der Waals surface area contributed by atoms with Gasteiger partial charge in [0.05, 0.1) is 28.1 Å². The molecule has 1 heterocycles. The summed E-state index contributed by atoms with van der Waals surface area (Å²) in [4.78, 5) is 2.49. The largest absolute Gasteiger partial charge is 0.309 e. The Hall–Kier alpha value is -8.20. The van der Waals surface area contributed by atoms with E-state index in [9.17, 15) is 0 Å². The molecule has 0 fully saturated rings. The monoisotopic (exact) mass is 788 g/mol. The van der Waals surface area contributed by atoms with E-state index in [-0.39, 0.29) is 0 Å². The molecule has 0 radical (unpaired) electrons. The highest BCUT2D eigenvalue weighted by atomic mass is 15.1. The molecule has 0 aliphatic rings. The molecule has 0 N–H and O–H groups in total. The van der Waals surface area contributed by atoms with Gasteiger partial charge >= 0.3 is 0 Å². The van der Waals surface area contributed by atoms with Crippen molar-refractivity contribution in [1.82, 2.24) is 4.57 Å². The summed E-state index contributed by atoms with van der Waals surface area (Å²) in [7, 11) is 0. The molecular formula is C60H40N2. The van der Waals surface area contributed by atoms with E-state index in [2.05, 4.69) is 252 Å². The summed E-state index contributed by atoms with van der Waals surface area (Å²) in [6, 6.07) is 88.6. The van der Waals surface area contributed by atoms with Crippen molar-refractivity contribution in [1.29, 1.82) is 0 Å². The van der Waals surface area contributed by atoms with Gasteiger partial charge in [0.2, 0.25) is 0 Å². The highest BCUT2D eigenvalue weighted by molar-refractivity contribution is 6.14. The number of nitrogens with zero attached hydrogens (tertiary/aromatic N) is 2. The van der Waals surface area contributed by atoms with Crippen molar-refractivity contribution in [3.8, 4) is 39.1 Å². The molecule has 0 atom stereocenters. The van der Waals surface area contributed by atoms with Crippen LogP contribution in [0.1, 0.15) is 0 Å². The van der Waals surface area contributed by atoms with Gasteiger partial charge in [0.1, 0.15) is 0 Å². The molecule has 12 rings (SSSR count). The predicted molar refractivity (Wildman–Crippen MR) is 264 cm³/mol. The van der Waals surface area contributed by atoms with E-state index in [0.29, 0.717) is 0 Å². The topological polar surface area (TPSA) is 8.17 Å². The van der Waals surface area contributed by atoms with Gasteiger partial charge in [-0.3, -0.25) is 0 Å².